The monoisotopic (exact) mass is 462 g/mol. The third-order valence-electron chi connectivity index (χ3n) is 5.17. The maximum Gasteiger partial charge on any atom is 0.272 e. The average molecular weight is 463 g/mol. The lowest BCUT2D eigenvalue weighted by Gasteiger charge is -2.34. The quantitative estimate of drug-likeness (QED) is 0.547. The van der Waals surface area contributed by atoms with Gasteiger partial charge in [0.2, 0.25) is 0 Å². The molecule has 1 aliphatic heterocycles. The first-order valence-corrected chi connectivity index (χ1v) is 10.6. The highest BCUT2D eigenvalue weighted by atomic mass is 35.5. The molecule has 2 heterocycles. The van der Waals surface area contributed by atoms with Gasteiger partial charge in [-0.15, -0.1) is 0 Å². The summed E-state index contributed by atoms with van der Waals surface area (Å²) in [6.07, 6.45) is 1.59. The van der Waals surface area contributed by atoms with Crippen LogP contribution in [0, 0.1) is 5.82 Å². The fourth-order valence-corrected chi connectivity index (χ4v) is 3.80. The van der Waals surface area contributed by atoms with Crippen LogP contribution in [0.25, 0.3) is 0 Å². The van der Waals surface area contributed by atoms with E-state index in [1.165, 1.54) is 12.1 Å². The first-order valence-electron chi connectivity index (χ1n) is 9.85. The number of carbonyl (C=O) groups excluding carboxylic acids is 1. The van der Waals surface area contributed by atoms with Crippen LogP contribution in [0.2, 0.25) is 10.0 Å². The lowest BCUT2D eigenvalue weighted by Crippen LogP contribution is -2.48. The number of benzene rings is 2. The van der Waals surface area contributed by atoms with E-state index in [0.29, 0.717) is 54.2 Å². The number of carbonyl (C=O) groups is 1. The molecule has 0 bridgehead atoms. The van der Waals surface area contributed by atoms with Crippen LogP contribution in [0.5, 0.6) is 5.75 Å². The predicted octanol–water partition coefficient (Wildman–Crippen LogP) is 4.32. The molecule has 6 nitrogen and oxygen atoms in total. The number of piperazine rings is 1. The Morgan fingerprint density at radius 2 is 1.77 bits per heavy atom. The third-order valence-corrected chi connectivity index (χ3v) is 5.78. The van der Waals surface area contributed by atoms with Gasteiger partial charge in [-0.25, -0.2) is 9.07 Å². The Hall–Kier alpha value is -2.61. The SMILES string of the molecule is O=C(c1ccnn1COc1ccc(Cl)cc1)N1CCN(Cc2ccc(F)cc2Cl)CC1. The molecule has 31 heavy (non-hydrogen) atoms. The Kier molecular flexibility index (Phi) is 6.75. The third kappa shape index (κ3) is 5.36. The van der Waals surface area contributed by atoms with E-state index in [-0.39, 0.29) is 18.5 Å². The maximum absolute atomic E-state index is 13.2. The molecule has 4 rings (SSSR count). The number of rotatable bonds is 6. The van der Waals surface area contributed by atoms with Gasteiger partial charge in [0.05, 0.1) is 0 Å². The number of hydrogen-bond donors (Lipinski definition) is 0. The normalized spacial score (nSPS) is 14.6. The van der Waals surface area contributed by atoms with E-state index in [1.807, 2.05) is 0 Å². The molecule has 0 atom stereocenters. The maximum atomic E-state index is 13.2. The van der Waals surface area contributed by atoms with Crippen molar-refractivity contribution >= 4 is 29.1 Å². The molecule has 0 saturated carbocycles. The van der Waals surface area contributed by atoms with E-state index in [0.717, 1.165) is 5.56 Å². The molecule has 0 aliphatic carbocycles. The molecule has 0 N–H and O–H groups in total. The van der Waals surface area contributed by atoms with Crippen molar-refractivity contribution in [2.24, 2.45) is 0 Å². The number of halogens is 3. The van der Waals surface area contributed by atoms with Crippen LogP contribution in [-0.2, 0) is 13.3 Å². The molecule has 1 fully saturated rings. The molecule has 3 aromatic rings. The van der Waals surface area contributed by atoms with Gasteiger partial charge in [-0.1, -0.05) is 29.3 Å². The fourth-order valence-electron chi connectivity index (χ4n) is 3.45. The molecule has 1 aromatic heterocycles. The van der Waals surface area contributed by atoms with E-state index >= 15 is 0 Å². The number of aromatic nitrogens is 2. The summed E-state index contributed by atoms with van der Waals surface area (Å²) >= 11 is 12.0. The molecular formula is C22H21Cl2FN4O2. The van der Waals surface area contributed by atoms with E-state index in [4.69, 9.17) is 27.9 Å². The van der Waals surface area contributed by atoms with Gasteiger partial charge in [0.25, 0.3) is 5.91 Å². The fraction of sp³-hybridized carbons (Fsp3) is 0.273. The number of nitrogens with zero attached hydrogens (tertiary/aromatic N) is 4. The summed E-state index contributed by atoms with van der Waals surface area (Å²) in [5, 5.41) is 5.26. The van der Waals surface area contributed by atoms with E-state index in [9.17, 15) is 9.18 Å². The van der Waals surface area contributed by atoms with E-state index in [2.05, 4.69) is 10.00 Å². The van der Waals surface area contributed by atoms with Gasteiger partial charge in [-0.05, 0) is 48.0 Å². The van der Waals surface area contributed by atoms with Crippen LogP contribution < -0.4 is 4.74 Å². The van der Waals surface area contributed by atoms with E-state index < -0.39 is 0 Å². The van der Waals surface area contributed by atoms with Gasteiger partial charge < -0.3 is 9.64 Å². The van der Waals surface area contributed by atoms with Crippen molar-refractivity contribution in [2.75, 3.05) is 26.2 Å². The summed E-state index contributed by atoms with van der Waals surface area (Å²) in [7, 11) is 0. The number of hydrogen-bond acceptors (Lipinski definition) is 4. The smallest absolute Gasteiger partial charge is 0.272 e. The minimum atomic E-state index is -0.346. The number of ether oxygens (including phenoxy) is 1. The van der Waals surface area contributed by atoms with Crippen LogP contribution in [-0.4, -0.2) is 51.7 Å². The average Bonchev–Trinajstić information content (AvgIpc) is 3.24. The standard InChI is InChI=1S/C22H21Cl2FN4O2/c23-17-2-5-19(6-3-17)31-15-29-21(7-8-26-29)22(30)28-11-9-27(10-12-28)14-16-1-4-18(25)13-20(16)24/h1-8,13H,9-12,14-15H2. The Morgan fingerprint density at radius 1 is 1.03 bits per heavy atom. The molecular weight excluding hydrogens is 442 g/mol. The summed E-state index contributed by atoms with van der Waals surface area (Å²) < 4.78 is 20.5. The first-order chi connectivity index (χ1) is 15.0. The van der Waals surface area contributed by atoms with Gasteiger partial charge in [0, 0.05) is 49.0 Å². The highest BCUT2D eigenvalue weighted by molar-refractivity contribution is 6.31. The van der Waals surface area contributed by atoms with Crippen molar-refractivity contribution in [3.63, 3.8) is 0 Å². The molecule has 162 valence electrons. The van der Waals surface area contributed by atoms with Crippen LogP contribution in [0.3, 0.4) is 0 Å². The zero-order valence-corrected chi connectivity index (χ0v) is 18.2. The van der Waals surface area contributed by atoms with Crippen molar-refractivity contribution in [1.82, 2.24) is 19.6 Å². The zero-order chi connectivity index (χ0) is 21.8. The molecule has 0 spiro atoms. The van der Waals surface area contributed by atoms with Gasteiger partial charge in [-0.3, -0.25) is 9.69 Å². The molecule has 1 amide bonds. The Balaban J connectivity index is 1.32. The summed E-state index contributed by atoms with van der Waals surface area (Å²) in [6, 6.07) is 13.1. The van der Waals surface area contributed by atoms with Crippen LogP contribution in [0.1, 0.15) is 16.1 Å². The Bertz CT molecular complexity index is 1050. The van der Waals surface area contributed by atoms with Crippen LogP contribution >= 0.6 is 23.2 Å². The summed E-state index contributed by atoms with van der Waals surface area (Å²) in [4.78, 5) is 17.0. The van der Waals surface area contributed by atoms with Crippen molar-refractivity contribution in [1.29, 1.82) is 0 Å². The second-order valence-corrected chi connectivity index (χ2v) is 8.09. The highest BCUT2D eigenvalue weighted by Gasteiger charge is 2.25. The lowest BCUT2D eigenvalue weighted by molar-refractivity contribution is 0.0607. The Morgan fingerprint density at radius 3 is 2.48 bits per heavy atom. The minimum Gasteiger partial charge on any atom is -0.471 e. The predicted molar refractivity (Wildman–Crippen MR) is 117 cm³/mol. The largest absolute Gasteiger partial charge is 0.471 e. The number of amides is 1. The van der Waals surface area contributed by atoms with Crippen molar-refractivity contribution in [2.45, 2.75) is 13.3 Å². The highest BCUT2D eigenvalue weighted by Crippen LogP contribution is 2.20. The van der Waals surface area contributed by atoms with Crippen LogP contribution in [0.4, 0.5) is 4.39 Å². The Labute approximate surface area is 189 Å². The van der Waals surface area contributed by atoms with Crippen molar-refractivity contribution in [3.8, 4) is 5.75 Å². The topological polar surface area (TPSA) is 50.6 Å². The molecule has 1 saturated heterocycles. The molecule has 0 unspecified atom stereocenters. The lowest BCUT2D eigenvalue weighted by atomic mass is 10.2. The zero-order valence-electron chi connectivity index (χ0n) is 16.7. The van der Waals surface area contributed by atoms with E-state index in [1.54, 1.807) is 52.2 Å². The summed E-state index contributed by atoms with van der Waals surface area (Å²) in [5.41, 5.74) is 1.35. The molecule has 2 aromatic carbocycles. The second-order valence-electron chi connectivity index (χ2n) is 7.25. The van der Waals surface area contributed by atoms with Gasteiger partial charge in [-0.2, -0.15) is 5.10 Å². The van der Waals surface area contributed by atoms with Crippen molar-refractivity contribution in [3.05, 3.63) is 81.8 Å². The summed E-state index contributed by atoms with van der Waals surface area (Å²) in [6.45, 7) is 3.32. The van der Waals surface area contributed by atoms with Gasteiger partial charge >= 0.3 is 0 Å². The van der Waals surface area contributed by atoms with Crippen molar-refractivity contribution < 1.29 is 13.9 Å². The molecule has 0 radical (unpaired) electrons. The molecule has 1 aliphatic rings. The minimum absolute atomic E-state index is 0.0864. The second kappa shape index (κ2) is 9.68. The van der Waals surface area contributed by atoms with Gasteiger partial charge in [0.1, 0.15) is 17.3 Å². The van der Waals surface area contributed by atoms with Crippen LogP contribution in [0.15, 0.2) is 54.7 Å². The summed E-state index contributed by atoms with van der Waals surface area (Å²) in [5.74, 6) is 0.212. The first kappa shape index (κ1) is 21.6. The van der Waals surface area contributed by atoms with Gasteiger partial charge in [0.15, 0.2) is 6.73 Å². The molecule has 9 heteroatoms.